The number of fused-ring (bicyclic) bond motifs is 2. The zero-order valence-electron chi connectivity index (χ0n) is 13.5. The smallest absolute Gasteiger partial charge is 0.307 e. The zero-order valence-corrected chi connectivity index (χ0v) is 15.1. The molecule has 0 aromatic heterocycles. The van der Waals surface area contributed by atoms with Crippen LogP contribution in [0.5, 0.6) is 0 Å². The van der Waals surface area contributed by atoms with Crippen molar-refractivity contribution in [3.05, 3.63) is 77.3 Å². The van der Waals surface area contributed by atoms with E-state index >= 15 is 0 Å². The van der Waals surface area contributed by atoms with E-state index in [1.54, 1.807) is 16.7 Å². The highest BCUT2D eigenvalue weighted by molar-refractivity contribution is 7.99. The quantitative estimate of drug-likeness (QED) is 0.534. The van der Waals surface area contributed by atoms with Gasteiger partial charge in [-0.15, -0.1) is 0 Å². The lowest BCUT2D eigenvalue weighted by Crippen LogP contribution is -2.32. The van der Waals surface area contributed by atoms with Crippen molar-refractivity contribution >= 4 is 46.5 Å². The molecule has 0 fully saturated rings. The van der Waals surface area contributed by atoms with E-state index in [9.17, 15) is 4.79 Å². The Morgan fingerprint density at radius 2 is 1.52 bits per heavy atom. The third-order valence-electron chi connectivity index (χ3n) is 4.14. The molecule has 1 heterocycles. The third kappa shape index (κ3) is 2.88. The van der Waals surface area contributed by atoms with Gasteiger partial charge in [-0.1, -0.05) is 53.7 Å². The predicted octanol–water partition coefficient (Wildman–Crippen LogP) is 6.48. The van der Waals surface area contributed by atoms with Gasteiger partial charge in [0, 0.05) is 20.5 Å². The molecule has 0 unspecified atom stereocenters. The highest BCUT2D eigenvalue weighted by atomic mass is 35.5. The number of amides is 2. The van der Waals surface area contributed by atoms with Crippen molar-refractivity contribution in [2.75, 3.05) is 10.2 Å². The molecule has 0 atom stereocenters. The highest BCUT2D eigenvalue weighted by Crippen LogP contribution is 2.48. The van der Waals surface area contributed by atoms with Gasteiger partial charge in [0.25, 0.3) is 0 Å². The van der Waals surface area contributed by atoms with Gasteiger partial charge in [-0.2, -0.15) is 0 Å². The van der Waals surface area contributed by atoms with Gasteiger partial charge in [0.15, 0.2) is 0 Å². The largest absolute Gasteiger partial charge is 0.331 e. The lowest BCUT2D eigenvalue weighted by atomic mass is 10.2. The average Bonchev–Trinajstić information content (AvgIpc) is 2.63. The molecule has 4 rings (SSSR count). The van der Waals surface area contributed by atoms with Gasteiger partial charge < -0.3 is 5.32 Å². The van der Waals surface area contributed by atoms with Gasteiger partial charge in [-0.3, -0.25) is 4.90 Å². The van der Waals surface area contributed by atoms with E-state index in [1.165, 1.54) is 0 Å². The van der Waals surface area contributed by atoms with Crippen molar-refractivity contribution in [1.82, 2.24) is 0 Å². The molecule has 3 aromatic rings. The normalized spacial score (nSPS) is 12.3. The molecule has 1 N–H and O–H groups in total. The van der Waals surface area contributed by atoms with Gasteiger partial charge >= 0.3 is 6.03 Å². The second kappa shape index (κ2) is 6.47. The van der Waals surface area contributed by atoms with Crippen LogP contribution in [0.15, 0.2) is 76.5 Å². The lowest BCUT2D eigenvalue weighted by molar-refractivity contribution is 0.258. The molecule has 5 heteroatoms. The maximum Gasteiger partial charge on any atom is 0.331 e. The number of carbonyl (C=O) groups is 1. The summed E-state index contributed by atoms with van der Waals surface area (Å²) in [5, 5.41) is 3.63. The van der Waals surface area contributed by atoms with Gasteiger partial charge in [0.2, 0.25) is 0 Å². The Bertz CT molecular complexity index is 928. The number of rotatable bonds is 1. The topological polar surface area (TPSA) is 32.3 Å². The molecule has 1 aliphatic heterocycles. The summed E-state index contributed by atoms with van der Waals surface area (Å²) in [6.07, 6.45) is 0. The number of benzene rings is 3. The number of halogens is 1. The van der Waals surface area contributed by atoms with Crippen LogP contribution in [0.4, 0.5) is 21.9 Å². The van der Waals surface area contributed by atoms with Crippen LogP contribution < -0.4 is 10.2 Å². The summed E-state index contributed by atoms with van der Waals surface area (Å²) >= 11 is 7.85. The molecule has 0 saturated carbocycles. The summed E-state index contributed by atoms with van der Waals surface area (Å²) in [5.74, 6) is 0. The Kier molecular flexibility index (Phi) is 4.15. The molecular weight excluding hydrogens is 352 g/mol. The molecule has 3 aromatic carbocycles. The number of carbonyl (C=O) groups excluding carboxylic acids is 1. The second-order valence-corrected chi connectivity index (χ2v) is 7.21. The van der Waals surface area contributed by atoms with Gasteiger partial charge in [0.1, 0.15) is 0 Å². The summed E-state index contributed by atoms with van der Waals surface area (Å²) in [5.41, 5.74) is 3.32. The standard InChI is InChI=1S/C20H15ClN2OS/c1-13-14(21)7-6-8-15(13)22-20(24)23-16-9-2-4-11-18(16)25-19-12-5-3-10-17(19)23/h2-12H,1H3,(H,22,24). The molecule has 0 bridgehead atoms. The maximum atomic E-state index is 13.1. The van der Waals surface area contributed by atoms with Crippen molar-refractivity contribution in [1.29, 1.82) is 0 Å². The monoisotopic (exact) mass is 366 g/mol. The minimum absolute atomic E-state index is 0.203. The number of hydrogen-bond donors (Lipinski definition) is 1. The first-order chi connectivity index (χ1) is 12.1. The van der Waals surface area contributed by atoms with Crippen LogP contribution >= 0.6 is 23.4 Å². The van der Waals surface area contributed by atoms with E-state index in [0.717, 1.165) is 26.7 Å². The van der Waals surface area contributed by atoms with Crippen LogP contribution in [-0.2, 0) is 0 Å². The lowest BCUT2D eigenvalue weighted by Gasteiger charge is -2.31. The molecule has 124 valence electrons. The first kappa shape index (κ1) is 16.1. The fourth-order valence-electron chi connectivity index (χ4n) is 2.84. The van der Waals surface area contributed by atoms with Crippen LogP contribution in [0, 0.1) is 6.92 Å². The van der Waals surface area contributed by atoms with E-state index in [1.807, 2.05) is 73.7 Å². The Hall–Kier alpha value is -2.43. The van der Waals surface area contributed by atoms with Crippen molar-refractivity contribution < 1.29 is 4.79 Å². The molecule has 0 radical (unpaired) electrons. The number of hydrogen-bond acceptors (Lipinski definition) is 2. The number of para-hydroxylation sites is 2. The highest BCUT2D eigenvalue weighted by Gasteiger charge is 2.28. The van der Waals surface area contributed by atoms with Crippen LogP contribution in [0.2, 0.25) is 5.02 Å². The van der Waals surface area contributed by atoms with Crippen LogP contribution in [-0.4, -0.2) is 6.03 Å². The Balaban J connectivity index is 1.77. The van der Waals surface area contributed by atoms with Crippen molar-refractivity contribution in [2.45, 2.75) is 16.7 Å². The van der Waals surface area contributed by atoms with E-state index in [0.29, 0.717) is 10.7 Å². The number of nitrogens with zero attached hydrogens (tertiary/aromatic N) is 1. The summed E-state index contributed by atoms with van der Waals surface area (Å²) in [6, 6.07) is 21.1. The van der Waals surface area contributed by atoms with Gasteiger partial charge in [0.05, 0.1) is 11.4 Å². The zero-order chi connectivity index (χ0) is 17.4. The third-order valence-corrected chi connectivity index (χ3v) is 5.68. The van der Waals surface area contributed by atoms with Crippen molar-refractivity contribution in [3.8, 4) is 0 Å². The van der Waals surface area contributed by atoms with Crippen LogP contribution in [0.1, 0.15) is 5.56 Å². The van der Waals surface area contributed by atoms with E-state index in [-0.39, 0.29) is 6.03 Å². The molecule has 0 saturated heterocycles. The fourth-order valence-corrected chi connectivity index (χ4v) is 4.07. The Labute approximate surface area is 155 Å². The van der Waals surface area contributed by atoms with E-state index in [4.69, 9.17) is 11.6 Å². The van der Waals surface area contributed by atoms with Gasteiger partial charge in [-0.25, -0.2) is 4.79 Å². The summed E-state index contributed by atoms with van der Waals surface area (Å²) in [7, 11) is 0. The molecule has 25 heavy (non-hydrogen) atoms. The number of anilines is 3. The fraction of sp³-hybridized carbons (Fsp3) is 0.0500. The predicted molar refractivity (Wildman–Crippen MR) is 104 cm³/mol. The summed E-state index contributed by atoms with van der Waals surface area (Å²) in [6.45, 7) is 1.89. The molecular formula is C20H15ClN2OS. The SMILES string of the molecule is Cc1c(Cl)cccc1NC(=O)N1c2ccccc2Sc2ccccc21. The minimum Gasteiger partial charge on any atom is -0.307 e. The van der Waals surface area contributed by atoms with Crippen molar-refractivity contribution in [2.24, 2.45) is 0 Å². The first-order valence-electron chi connectivity index (χ1n) is 7.87. The van der Waals surface area contributed by atoms with E-state index < -0.39 is 0 Å². The van der Waals surface area contributed by atoms with Crippen molar-refractivity contribution in [3.63, 3.8) is 0 Å². The Morgan fingerprint density at radius 1 is 0.920 bits per heavy atom. The van der Waals surface area contributed by atoms with Gasteiger partial charge in [-0.05, 0) is 48.9 Å². The molecule has 2 amide bonds. The Morgan fingerprint density at radius 3 is 2.16 bits per heavy atom. The maximum absolute atomic E-state index is 13.1. The molecule has 3 nitrogen and oxygen atoms in total. The van der Waals surface area contributed by atoms with Crippen LogP contribution in [0.25, 0.3) is 0 Å². The molecule has 1 aliphatic rings. The summed E-state index contributed by atoms with van der Waals surface area (Å²) < 4.78 is 0. The van der Waals surface area contributed by atoms with E-state index in [2.05, 4.69) is 5.32 Å². The number of nitrogens with one attached hydrogen (secondary N) is 1. The average molecular weight is 367 g/mol. The molecule has 0 aliphatic carbocycles. The number of urea groups is 1. The van der Waals surface area contributed by atoms with Crippen LogP contribution in [0.3, 0.4) is 0 Å². The second-order valence-electron chi connectivity index (χ2n) is 5.72. The molecule has 0 spiro atoms. The minimum atomic E-state index is -0.203. The first-order valence-corrected chi connectivity index (χ1v) is 9.07. The summed E-state index contributed by atoms with van der Waals surface area (Å²) in [4.78, 5) is 17.0.